The molecule has 2 aromatic heterocycles. The summed E-state index contributed by atoms with van der Waals surface area (Å²) in [6.45, 7) is 4.50. The standard InChI is InChI=1S/C23H28N8O/c1-2-32-19-10-9-15-7-3-4-8-16(15)18(19)14-31(12-6-5-11-24)23-27-13-17-20(25)28-22(26)29-21(17)30-23/h3-4,7-10,13H,2,5-6,11-12,14,24H2,1H3,(H4,25,26,27,28,29,30). The van der Waals surface area contributed by atoms with Crippen LogP contribution in [0.1, 0.15) is 25.3 Å². The Bertz CT molecular complexity index is 1230. The van der Waals surface area contributed by atoms with Crippen molar-refractivity contribution in [2.45, 2.75) is 26.3 Å². The molecule has 166 valence electrons. The Morgan fingerprint density at radius 2 is 1.81 bits per heavy atom. The van der Waals surface area contributed by atoms with E-state index in [1.807, 2.05) is 25.1 Å². The van der Waals surface area contributed by atoms with Gasteiger partial charge in [0.15, 0.2) is 5.65 Å². The SMILES string of the molecule is CCOc1ccc2ccccc2c1CN(CCCCN)c1ncc2c(N)nc(N)nc2n1. The summed E-state index contributed by atoms with van der Waals surface area (Å²) in [7, 11) is 0. The lowest BCUT2D eigenvalue weighted by molar-refractivity contribution is 0.337. The van der Waals surface area contributed by atoms with Crippen molar-refractivity contribution in [2.75, 3.05) is 36.1 Å². The number of anilines is 3. The van der Waals surface area contributed by atoms with Crippen LogP contribution in [-0.4, -0.2) is 39.6 Å². The Morgan fingerprint density at radius 3 is 2.62 bits per heavy atom. The molecular weight excluding hydrogens is 404 g/mol. The molecule has 0 bridgehead atoms. The van der Waals surface area contributed by atoms with Crippen molar-refractivity contribution >= 4 is 39.5 Å². The molecule has 9 heteroatoms. The molecule has 0 spiro atoms. The van der Waals surface area contributed by atoms with E-state index in [9.17, 15) is 0 Å². The maximum absolute atomic E-state index is 5.97. The van der Waals surface area contributed by atoms with Crippen molar-refractivity contribution in [3.63, 3.8) is 0 Å². The maximum Gasteiger partial charge on any atom is 0.227 e. The van der Waals surface area contributed by atoms with Gasteiger partial charge in [-0.2, -0.15) is 15.0 Å². The monoisotopic (exact) mass is 432 g/mol. The van der Waals surface area contributed by atoms with Gasteiger partial charge in [0.05, 0.1) is 18.5 Å². The summed E-state index contributed by atoms with van der Waals surface area (Å²) in [5.74, 6) is 1.75. The number of ether oxygens (including phenoxy) is 1. The molecule has 0 aliphatic heterocycles. The average Bonchev–Trinajstić information content (AvgIpc) is 2.79. The van der Waals surface area contributed by atoms with Crippen molar-refractivity contribution < 1.29 is 4.74 Å². The van der Waals surface area contributed by atoms with E-state index in [2.05, 4.69) is 43.0 Å². The Morgan fingerprint density at radius 1 is 0.969 bits per heavy atom. The zero-order valence-electron chi connectivity index (χ0n) is 18.2. The lowest BCUT2D eigenvalue weighted by Gasteiger charge is -2.25. The number of nitrogens with zero attached hydrogens (tertiary/aromatic N) is 5. The molecule has 0 saturated carbocycles. The molecular formula is C23H28N8O. The molecule has 2 heterocycles. The topological polar surface area (TPSA) is 142 Å². The number of aromatic nitrogens is 4. The van der Waals surface area contributed by atoms with Gasteiger partial charge in [-0.05, 0) is 43.1 Å². The molecule has 0 atom stereocenters. The van der Waals surface area contributed by atoms with Crippen LogP contribution < -0.4 is 26.8 Å². The van der Waals surface area contributed by atoms with Crippen LogP contribution in [0.5, 0.6) is 5.75 Å². The van der Waals surface area contributed by atoms with Gasteiger partial charge < -0.3 is 26.8 Å². The highest BCUT2D eigenvalue weighted by Gasteiger charge is 2.17. The second kappa shape index (κ2) is 9.61. The van der Waals surface area contributed by atoms with E-state index in [0.29, 0.717) is 36.7 Å². The molecule has 0 radical (unpaired) electrons. The van der Waals surface area contributed by atoms with Gasteiger partial charge in [0.2, 0.25) is 11.9 Å². The first kappa shape index (κ1) is 21.5. The lowest BCUT2D eigenvalue weighted by Crippen LogP contribution is -2.27. The predicted molar refractivity (Wildman–Crippen MR) is 128 cm³/mol. The van der Waals surface area contributed by atoms with Gasteiger partial charge in [-0.15, -0.1) is 0 Å². The normalized spacial score (nSPS) is 11.2. The minimum Gasteiger partial charge on any atom is -0.494 e. The highest BCUT2D eigenvalue weighted by Crippen LogP contribution is 2.31. The molecule has 4 rings (SSSR count). The van der Waals surface area contributed by atoms with E-state index in [1.165, 1.54) is 0 Å². The quantitative estimate of drug-likeness (QED) is 0.340. The molecule has 4 aromatic rings. The van der Waals surface area contributed by atoms with Gasteiger partial charge in [0, 0.05) is 18.3 Å². The lowest BCUT2D eigenvalue weighted by atomic mass is 10.0. The Balaban J connectivity index is 1.78. The Kier molecular flexibility index (Phi) is 6.46. The number of fused-ring (bicyclic) bond motifs is 2. The molecule has 0 amide bonds. The van der Waals surface area contributed by atoms with E-state index in [4.69, 9.17) is 21.9 Å². The molecule has 9 nitrogen and oxygen atoms in total. The molecule has 0 aliphatic carbocycles. The van der Waals surface area contributed by atoms with Crippen LogP contribution in [0.3, 0.4) is 0 Å². The first-order valence-electron chi connectivity index (χ1n) is 10.7. The molecule has 0 fully saturated rings. The summed E-state index contributed by atoms with van der Waals surface area (Å²) in [4.78, 5) is 19.6. The summed E-state index contributed by atoms with van der Waals surface area (Å²) < 4.78 is 5.97. The second-order valence-electron chi connectivity index (χ2n) is 7.49. The van der Waals surface area contributed by atoms with Gasteiger partial charge >= 0.3 is 0 Å². The fourth-order valence-electron chi connectivity index (χ4n) is 3.76. The number of nitrogen functional groups attached to an aromatic ring is 2. The Hall–Kier alpha value is -3.72. The number of nitrogens with two attached hydrogens (primary N) is 3. The van der Waals surface area contributed by atoms with Gasteiger partial charge in [-0.3, -0.25) is 0 Å². The zero-order chi connectivity index (χ0) is 22.5. The molecule has 32 heavy (non-hydrogen) atoms. The third-order valence-electron chi connectivity index (χ3n) is 5.30. The summed E-state index contributed by atoms with van der Waals surface area (Å²) in [6.07, 6.45) is 3.45. The van der Waals surface area contributed by atoms with Gasteiger partial charge in [0.1, 0.15) is 11.6 Å². The van der Waals surface area contributed by atoms with Crippen LogP contribution in [-0.2, 0) is 6.54 Å². The number of hydrogen-bond donors (Lipinski definition) is 3. The van der Waals surface area contributed by atoms with Crippen molar-refractivity contribution in [1.29, 1.82) is 0 Å². The fraction of sp³-hybridized carbons (Fsp3) is 0.304. The minimum atomic E-state index is 0.0852. The first-order chi connectivity index (χ1) is 15.6. The molecule has 6 N–H and O–H groups in total. The summed E-state index contributed by atoms with van der Waals surface area (Å²) in [6, 6.07) is 12.4. The smallest absolute Gasteiger partial charge is 0.227 e. The van der Waals surface area contributed by atoms with Crippen LogP contribution >= 0.6 is 0 Å². The second-order valence-corrected chi connectivity index (χ2v) is 7.49. The van der Waals surface area contributed by atoms with Gasteiger partial charge in [0.25, 0.3) is 0 Å². The summed E-state index contributed by atoms with van der Waals surface area (Å²) in [5.41, 5.74) is 19.0. The Labute approximate surface area is 186 Å². The van der Waals surface area contributed by atoms with E-state index < -0.39 is 0 Å². The average molecular weight is 433 g/mol. The van der Waals surface area contributed by atoms with Crippen molar-refractivity contribution in [2.24, 2.45) is 5.73 Å². The maximum atomic E-state index is 5.97. The number of benzene rings is 2. The van der Waals surface area contributed by atoms with Crippen LogP contribution in [0, 0.1) is 0 Å². The summed E-state index contributed by atoms with van der Waals surface area (Å²) in [5, 5.41) is 2.87. The van der Waals surface area contributed by atoms with E-state index in [1.54, 1.807) is 6.20 Å². The highest BCUT2D eigenvalue weighted by molar-refractivity contribution is 5.88. The van der Waals surface area contributed by atoms with E-state index in [-0.39, 0.29) is 11.8 Å². The van der Waals surface area contributed by atoms with Gasteiger partial charge in [-0.1, -0.05) is 30.3 Å². The van der Waals surface area contributed by atoms with Crippen LogP contribution in [0.4, 0.5) is 17.7 Å². The van der Waals surface area contributed by atoms with Crippen molar-refractivity contribution in [3.8, 4) is 5.75 Å². The van der Waals surface area contributed by atoms with Crippen molar-refractivity contribution in [1.82, 2.24) is 19.9 Å². The van der Waals surface area contributed by atoms with Crippen molar-refractivity contribution in [3.05, 3.63) is 48.2 Å². The number of unbranched alkanes of at least 4 members (excludes halogenated alkanes) is 1. The molecule has 0 aliphatic rings. The van der Waals surface area contributed by atoms with Crippen LogP contribution in [0.2, 0.25) is 0 Å². The van der Waals surface area contributed by atoms with E-state index >= 15 is 0 Å². The first-order valence-corrected chi connectivity index (χ1v) is 10.7. The van der Waals surface area contributed by atoms with E-state index in [0.717, 1.165) is 41.5 Å². The predicted octanol–water partition coefficient (Wildman–Crippen LogP) is 2.88. The number of rotatable bonds is 9. The molecule has 0 saturated heterocycles. The third kappa shape index (κ3) is 4.47. The largest absolute Gasteiger partial charge is 0.494 e. The van der Waals surface area contributed by atoms with Gasteiger partial charge in [-0.25, -0.2) is 4.98 Å². The minimum absolute atomic E-state index is 0.0852. The van der Waals surface area contributed by atoms with Crippen LogP contribution in [0.15, 0.2) is 42.6 Å². The molecule has 2 aromatic carbocycles. The highest BCUT2D eigenvalue weighted by atomic mass is 16.5. The zero-order valence-corrected chi connectivity index (χ0v) is 18.2. The van der Waals surface area contributed by atoms with Crippen LogP contribution in [0.25, 0.3) is 21.8 Å². The molecule has 0 unspecified atom stereocenters. The number of hydrogen-bond acceptors (Lipinski definition) is 9. The third-order valence-corrected chi connectivity index (χ3v) is 5.30. The summed E-state index contributed by atoms with van der Waals surface area (Å²) >= 11 is 0. The fourth-order valence-corrected chi connectivity index (χ4v) is 3.76.